The first-order valence-electron chi connectivity index (χ1n) is 15.8. The smallest absolute Gasteiger partial charge is 0.306 e. The highest BCUT2D eigenvalue weighted by Gasteiger charge is 2.33. The molecular formula is C35H44N4O5. The number of ketones is 1. The summed E-state index contributed by atoms with van der Waals surface area (Å²) in [5.41, 5.74) is 6.43. The molecule has 9 nitrogen and oxygen atoms in total. The van der Waals surface area contributed by atoms with Crippen molar-refractivity contribution in [2.24, 2.45) is 5.92 Å². The van der Waals surface area contributed by atoms with Crippen LogP contribution in [0.3, 0.4) is 0 Å². The minimum atomic E-state index is -0.597. The first-order chi connectivity index (χ1) is 21.4. The van der Waals surface area contributed by atoms with Crippen LogP contribution in [0.25, 0.3) is 11.1 Å². The number of aromatic nitrogens is 2. The van der Waals surface area contributed by atoms with Crippen LogP contribution in [0, 0.1) is 5.92 Å². The zero-order valence-electron chi connectivity index (χ0n) is 26.0. The minimum Gasteiger partial charge on any atom is -0.465 e. The lowest BCUT2D eigenvalue weighted by Gasteiger charge is -2.17. The third-order valence-electron chi connectivity index (χ3n) is 8.19. The van der Waals surface area contributed by atoms with Gasteiger partial charge in [0.25, 0.3) is 0 Å². The molecule has 1 aliphatic carbocycles. The number of hydrogen-bond acceptors (Lipinski definition) is 6. The van der Waals surface area contributed by atoms with Gasteiger partial charge < -0.3 is 20.4 Å². The van der Waals surface area contributed by atoms with E-state index < -0.39 is 11.9 Å². The molecule has 3 N–H and O–H groups in total. The molecule has 2 amide bonds. The Kier molecular flexibility index (Phi) is 11.9. The number of carbonyl (C=O) groups excluding carboxylic acids is 4. The van der Waals surface area contributed by atoms with Crippen LogP contribution in [0.2, 0.25) is 0 Å². The Balaban J connectivity index is 1.55. The van der Waals surface area contributed by atoms with E-state index in [0.717, 1.165) is 65.6 Å². The van der Waals surface area contributed by atoms with Gasteiger partial charge in [0, 0.05) is 56.2 Å². The van der Waals surface area contributed by atoms with Gasteiger partial charge in [-0.3, -0.25) is 19.2 Å². The predicted octanol–water partition coefficient (Wildman–Crippen LogP) is 5.28. The maximum atomic E-state index is 13.3. The number of Topliss-reactive ketones (excluding diaryl/α,β-unsaturated/α-hetero) is 1. The van der Waals surface area contributed by atoms with Crippen molar-refractivity contribution in [2.45, 2.75) is 77.6 Å². The van der Waals surface area contributed by atoms with E-state index >= 15 is 0 Å². The zero-order chi connectivity index (χ0) is 31.5. The van der Waals surface area contributed by atoms with Crippen LogP contribution in [0.4, 0.5) is 0 Å². The highest BCUT2D eigenvalue weighted by Crippen LogP contribution is 2.47. The Morgan fingerprint density at radius 3 is 2.59 bits per heavy atom. The molecule has 0 aliphatic heterocycles. The van der Waals surface area contributed by atoms with Gasteiger partial charge >= 0.3 is 5.97 Å². The number of amides is 2. The fraction of sp³-hybridized carbons (Fsp3) is 0.457. The molecule has 0 bridgehead atoms. The molecule has 0 spiro atoms. The number of aromatic amines is 1. The Hall–Kier alpha value is -4.27. The van der Waals surface area contributed by atoms with Crippen molar-refractivity contribution < 1.29 is 23.9 Å². The highest BCUT2D eigenvalue weighted by molar-refractivity contribution is 6.04. The molecule has 0 radical (unpaired) electrons. The number of esters is 1. The number of rotatable bonds is 17. The number of H-pyrrole nitrogens is 1. The van der Waals surface area contributed by atoms with Crippen LogP contribution in [-0.2, 0) is 32.0 Å². The maximum Gasteiger partial charge on any atom is 0.306 e. The van der Waals surface area contributed by atoms with Gasteiger partial charge in [0.05, 0.1) is 18.7 Å². The van der Waals surface area contributed by atoms with E-state index in [1.54, 1.807) is 19.6 Å². The first kappa shape index (κ1) is 32.6. The molecule has 234 valence electrons. The Bertz CT molecular complexity index is 1450. The largest absolute Gasteiger partial charge is 0.465 e. The summed E-state index contributed by atoms with van der Waals surface area (Å²) in [5.74, 6) is -1.37. The number of carbonyl (C=O) groups is 4. The van der Waals surface area contributed by atoms with Crippen molar-refractivity contribution >= 4 is 23.6 Å². The molecule has 1 aliphatic rings. The van der Waals surface area contributed by atoms with Crippen LogP contribution < -0.4 is 10.6 Å². The predicted molar refractivity (Wildman–Crippen MR) is 169 cm³/mol. The van der Waals surface area contributed by atoms with E-state index in [-0.39, 0.29) is 36.5 Å². The molecule has 3 aromatic rings. The molecule has 0 saturated carbocycles. The van der Waals surface area contributed by atoms with Crippen LogP contribution in [0.15, 0.2) is 48.9 Å². The van der Waals surface area contributed by atoms with Crippen LogP contribution in [-0.4, -0.2) is 53.7 Å². The van der Waals surface area contributed by atoms with Crippen molar-refractivity contribution in [3.8, 4) is 11.1 Å². The average Bonchev–Trinajstić information content (AvgIpc) is 3.66. The summed E-state index contributed by atoms with van der Waals surface area (Å²) in [6.45, 7) is 4.88. The fourth-order valence-corrected chi connectivity index (χ4v) is 5.86. The molecular weight excluding hydrogens is 556 g/mol. The first-order valence-corrected chi connectivity index (χ1v) is 15.8. The maximum absolute atomic E-state index is 13.3. The van der Waals surface area contributed by atoms with E-state index in [1.807, 2.05) is 25.1 Å². The summed E-state index contributed by atoms with van der Waals surface area (Å²) in [7, 11) is 1.55. The standard InChI is InChI=1S/C35H44N4O5/c1-4-6-12-31(40)28-11-8-10-26-30(21-44-33(42)19-24(35(43)36-3)18-25-20-37-22-39-25)29-17-23(14-15-27(29)34(26)28)9-7-13-32(41)38-16-5-2/h8,10-11,14-15,17,20,22,24,30H,4-7,9,12-13,16,18-19,21H2,1-3H3,(H,36,43)(H,37,39)(H,38,41)/t24-,30?/m1/s1. The van der Waals surface area contributed by atoms with Crippen LogP contribution in [0.5, 0.6) is 0 Å². The summed E-state index contributed by atoms with van der Waals surface area (Å²) >= 11 is 0. The molecule has 44 heavy (non-hydrogen) atoms. The van der Waals surface area contributed by atoms with Gasteiger partial charge in [0.2, 0.25) is 11.8 Å². The molecule has 1 aromatic heterocycles. The average molecular weight is 601 g/mol. The second-order valence-corrected chi connectivity index (χ2v) is 11.5. The van der Waals surface area contributed by atoms with E-state index in [0.29, 0.717) is 31.4 Å². The third-order valence-corrected chi connectivity index (χ3v) is 8.19. The van der Waals surface area contributed by atoms with Gasteiger partial charge in [0.1, 0.15) is 6.61 Å². The van der Waals surface area contributed by atoms with Crippen molar-refractivity contribution in [1.29, 1.82) is 0 Å². The number of hydrogen-bond donors (Lipinski definition) is 3. The monoisotopic (exact) mass is 600 g/mol. The SMILES string of the molecule is CCCCC(=O)c1cccc2c1-c1ccc(CCCC(=O)NCCC)cc1C2COC(=O)C[C@@H](Cc1cnc[nH]1)C(=O)NC. The molecule has 1 unspecified atom stereocenters. The summed E-state index contributed by atoms with van der Waals surface area (Å²) in [6.07, 6.45) is 8.52. The molecule has 4 rings (SSSR count). The summed E-state index contributed by atoms with van der Waals surface area (Å²) in [4.78, 5) is 58.0. The normalized spacial score (nSPS) is 13.9. The van der Waals surface area contributed by atoms with Crippen LogP contribution >= 0.6 is 0 Å². The van der Waals surface area contributed by atoms with E-state index in [2.05, 4.69) is 45.7 Å². The van der Waals surface area contributed by atoms with E-state index in [4.69, 9.17) is 4.74 Å². The third kappa shape index (κ3) is 8.21. The fourth-order valence-electron chi connectivity index (χ4n) is 5.86. The Morgan fingerprint density at radius 2 is 1.86 bits per heavy atom. The zero-order valence-corrected chi connectivity index (χ0v) is 26.0. The molecule has 2 atom stereocenters. The molecule has 2 aromatic carbocycles. The van der Waals surface area contributed by atoms with Gasteiger partial charge in [-0.1, -0.05) is 56.7 Å². The molecule has 0 fully saturated rings. The van der Waals surface area contributed by atoms with Crippen molar-refractivity contribution in [2.75, 3.05) is 20.2 Å². The number of ether oxygens (including phenoxy) is 1. The summed E-state index contributed by atoms with van der Waals surface area (Å²) in [6, 6.07) is 12.1. The topological polar surface area (TPSA) is 130 Å². The van der Waals surface area contributed by atoms with E-state index in [9.17, 15) is 19.2 Å². The quantitative estimate of drug-likeness (QED) is 0.143. The number of nitrogens with one attached hydrogen (secondary N) is 3. The highest BCUT2D eigenvalue weighted by atomic mass is 16.5. The second-order valence-electron chi connectivity index (χ2n) is 11.5. The number of unbranched alkanes of at least 4 members (excludes halogenated alkanes) is 1. The number of fused-ring (bicyclic) bond motifs is 3. The summed E-state index contributed by atoms with van der Waals surface area (Å²) < 4.78 is 5.86. The van der Waals surface area contributed by atoms with Crippen molar-refractivity contribution in [1.82, 2.24) is 20.6 Å². The van der Waals surface area contributed by atoms with Gasteiger partial charge in [-0.05, 0) is 53.5 Å². The number of aryl methyl sites for hydroxylation is 1. The number of nitrogens with zero attached hydrogens (tertiary/aromatic N) is 1. The lowest BCUT2D eigenvalue weighted by Crippen LogP contribution is -2.31. The number of imidazole rings is 1. The molecule has 9 heteroatoms. The summed E-state index contributed by atoms with van der Waals surface area (Å²) in [5, 5.41) is 5.56. The van der Waals surface area contributed by atoms with Gasteiger partial charge in [0.15, 0.2) is 5.78 Å². The van der Waals surface area contributed by atoms with Gasteiger partial charge in [-0.25, -0.2) is 4.98 Å². The number of benzene rings is 2. The lowest BCUT2D eigenvalue weighted by molar-refractivity contribution is -0.147. The Labute approximate surface area is 259 Å². The van der Waals surface area contributed by atoms with Crippen molar-refractivity contribution in [3.05, 3.63) is 76.9 Å². The molecule has 0 saturated heterocycles. The van der Waals surface area contributed by atoms with E-state index in [1.165, 1.54) is 0 Å². The minimum absolute atomic E-state index is 0.0584. The Morgan fingerprint density at radius 1 is 1.02 bits per heavy atom. The van der Waals surface area contributed by atoms with Crippen LogP contribution in [0.1, 0.15) is 97.5 Å². The molecule has 1 heterocycles. The lowest BCUT2D eigenvalue weighted by atomic mass is 9.93. The van der Waals surface area contributed by atoms with Gasteiger partial charge in [-0.2, -0.15) is 0 Å². The van der Waals surface area contributed by atoms with Gasteiger partial charge in [-0.15, -0.1) is 0 Å². The van der Waals surface area contributed by atoms with Crippen molar-refractivity contribution in [3.63, 3.8) is 0 Å². The second kappa shape index (κ2) is 16.0.